The number of unbranched alkanes of at least 4 members (excludes halogenated alkanes) is 1. The van der Waals surface area contributed by atoms with Crippen LogP contribution in [0.25, 0.3) is 0 Å². The van der Waals surface area contributed by atoms with Crippen molar-refractivity contribution in [1.29, 1.82) is 0 Å². The fourth-order valence-electron chi connectivity index (χ4n) is 2.22. The van der Waals surface area contributed by atoms with E-state index >= 15 is 0 Å². The van der Waals surface area contributed by atoms with Crippen LogP contribution in [0.4, 0.5) is 0 Å². The molecule has 1 fully saturated rings. The SMILES string of the molecule is C=CCCCOCCCNC1CCCCC1. The first kappa shape index (κ1) is 13.7. The maximum atomic E-state index is 5.54. The van der Waals surface area contributed by atoms with Gasteiger partial charge in [-0.3, -0.25) is 0 Å². The number of ether oxygens (including phenoxy) is 1. The van der Waals surface area contributed by atoms with Gasteiger partial charge in [0.1, 0.15) is 0 Å². The highest BCUT2D eigenvalue weighted by Crippen LogP contribution is 2.17. The van der Waals surface area contributed by atoms with Gasteiger partial charge in [0.15, 0.2) is 0 Å². The summed E-state index contributed by atoms with van der Waals surface area (Å²) in [6.45, 7) is 6.60. The van der Waals surface area contributed by atoms with Crippen LogP contribution >= 0.6 is 0 Å². The minimum atomic E-state index is 0.787. The summed E-state index contributed by atoms with van der Waals surface area (Å²) in [6.07, 6.45) is 12.3. The predicted molar refractivity (Wildman–Crippen MR) is 69.7 cm³/mol. The van der Waals surface area contributed by atoms with Gasteiger partial charge in [-0.2, -0.15) is 0 Å². The van der Waals surface area contributed by atoms with Gasteiger partial charge in [0, 0.05) is 19.3 Å². The first-order valence-electron chi connectivity index (χ1n) is 6.85. The van der Waals surface area contributed by atoms with Gasteiger partial charge in [0.2, 0.25) is 0 Å². The van der Waals surface area contributed by atoms with Crippen LogP contribution in [0, 0.1) is 0 Å². The van der Waals surface area contributed by atoms with Gasteiger partial charge >= 0.3 is 0 Å². The minimum Gasteiger partial charge on any atom is -0.381 e. The quantitative estimate of drug-likeness (QED) is 0.480. The largest absolute Gasteiger partial charge is 0.381 e. The van der Waals surface area contributed by atoms with Crippen molar-refractivity contribution in [3.05, 3.63) is 12.7 Å². The first-order valence-corrected chi connectivity index (χ1v) is 6.85. The Kier molecular flexibility index (Phi) is 8.45. The van der Waals surface area contributed by atoms with Crippen LogP contribution < -0.4 is 5.32 Å². The molecule has 94 valence electrons. The zero-order valence-electron chi connectivity index (χ0n) is 10.5. The Bertz CT molecular complexity index is 164. The fourth-order valence-corrected chi connectivity index (χ4v) is 2.22. The van der Waals surface area contributed by atoms with Crippen molar-refractivity contribution in [1.82, 2.24) is 5.32 Å². The maximum Gasteiger partial charge on any atom is 0.0478 e. The van der Waals surface area contributed by atoms with Crippen LogP contribution in [0.15, 0.2) is 12.7 Å². The van der Waals surface area contributed by atoms with E-state index in [2.05, 4.69) is 11.9 Å². The lowest BCUT2D eigenvalue weighted by Gasteiger charge is -2.22. The zero-order valence-corrected chi connectivity index (χ0v) is 10.5. The molecule has 0 heterocycles. The van der Waals surface area contributed by atoms with Crippen molar-refractivity contribution < 1.29 is 4.74 Å². The third-order valence-corrected chi connectivity index (χ3v) is 3.20. The summed E-state index contributed by atoms with van der Waals surface area (Å²) in [5, 5.41) is 3.63. The number of hydrogen-bond acceptors (Lipinski definition) is 2. The van der Waals surface area contributed by atoms with E-state index in [1.807, 2.05) is 6.08 Å². The van der Waals surface area contributed by atoms with E-state index in [1.54, 1.807) is 0 Å². The molecule has 0 atom stereocenters. The number of nitrogens with one attached hydrogen (secondary N) is 1. The van der Waals surface area contributed by atoms with Gasteiger partial charge in [-0.1, -0.05) is 25.3 Å². The molecule has 0 unspecified atom stereocenters. The molecule has 1 rings (SSSR count). The van der Waals surface area contributed by atoms with Crippen LogP contribution in [0.2, 0.25) is 0 Å². The van der Waals surface area contributed by atoms with E-state index in [0.29, 0.717) is 0 Å². The van der Waals surface area contributed by atoms with E-state index < -0.39 is 0 Å². The fraction of sp³-hybridized carbons (Fsp3) is 0.857. The smallest absolute Gasteiger partial charge is 0.0478 e. The third-order valence-electron chi connectivity index (χ3n) is 3.20. The van der Waals surface area contributed by atoms with Crippen molar-refractivity contribution in [2.24, 2.45) is 0 Å². The van der Waals surface area contributed by atoms with Crippen molar-refractivity contribution in [2.45, 2.75) is 57.4 Å². The van der Waals surface area contributed by atoms with Crippen LogP contribution in [-0.4, -0.2) is 25.8 Å². The van der Waals surface area contributed by atoms with E-state index in [1.165, 1.54) is 32.1 Å². The molecule has 0 aliphatic heterocycles. The Morgan fingerprint density at radius 1 is 1.12 bits per heavy atom. The van der Waals surface area contributed by atoms with E-state index in [-0.39, 0.29) is 0 Å². The molecule has 1 aliphatic rings. The highest BCUT2D eigenvalue weighted by Gasteiger charge is 2.11. The van der Waals surface area contributed by atoms with E-state index in [0.717, 1.165) is 45.1 Å². The molecule has 2 nitrogen and oxygen atoms in total. The summed E-state index contributed by atoms with van der Waals surface area (Å²) in [6, 6.07) is 0.787. The Hall–Kier alpha value is -0.340. The molecule has 1 aliphatic carbocycles. The van der Waals surface area contributed by atoms with E-state index in [9.17, 15) is 0 Å². The van der Waals surface area contributed by atoms with Crippen LogP contribution in [0.5, 0.6) is 0 Å². The first-order chi connectivity index (χ1) is 7.93. The second-order valence-corrected chi connectivity index (χ2v) is 4.69. The molecule has 0 bridgehead atoms. The minimum absolute atomic E-state index is 0.787. The van der Waals surface area contributed by atoms with Gasteiger partial charge in [0.25, 0.3) is 0 Å². The van der Waals surface area contributed by atoms with E-state index in [4.69, 9.17) is 4.74 Å². The lowest BCUT2D eigenvalue weighted by molar-refractivity contribution is 0.129. The van der Waals surface area contributed by atoms with Crippen molar-refractivity contribution in [2.75, 3.05) is 19.8 Å². The second-order valence-electron chi connectivity index (χ2n) is 4.69. The molecule has 0 aromatic heterocycles. The Morgan fingerprint density at radius 3 is 2.62 bits per heavy atom. The van der Waals surface area contributed by atoms with Crippen LogP contribution in [0.1, 0.15) is 51.4 Å². The van der Waals surface area contributed by atoms with Gasteiger partial charge in [0.05, 0.1) is 0 Å². The predicted octanol–water partition coefficient (Wildman–Crippen LogP) is 3.28. The average molecular weight is 225 g/mol. The normalized spacial score (nSPS) is 17.5. The summed E-state index contributed by atoms with van der Waals surface area (Å²) in [5.41, 5.74) is 0. The highest BCUT2D eigenvalue weighted by molar-refractivity contribution is 4.71. The molecule has 0 aromatic rings. The maximum absolute atomic E-state index is 5.54. The second kappa shape index (κ2) is 9.86. The molecule has 2 heteroatoms. The molecule has 16 heavy (non-hydrogen) atoms. The highest BCUT2D eigenvalue weighted by atomic mass is 16.5. The molecular formula is C14H27NO. The Morgan fingerprint density at radius 2 is 1.88 bits per heavy atom. The molecule has 0 amide bonds. The summed E-state index contributed by atoms with van der Waals surface area (Å²) in [7, 11) is 0. The van der Waals surface area contributed by atoms with Gasteiger partial charge < -0.3 is 10.1 Å². The Balaban J connectivity index is 1.78. The number of hydrogen-bond donors (Lipinski definition) is 1. The lowest BCUT2D eigenvalue weighted by atomic mass is 9.95. The zero-order chi connectivity index (χ0) is 11.5. The summed E-state index contributed by atoms with van der Waals surface area (Å²) < 4.78 is 5.54. The third kappa shape index (κ3) is 7.02. The number of allylic oxidation sites excluding steroid dienone is 1. The standard InChI is InChI=1S/C14H27NO/c1-2-3-7-12-16-13-8-11-15-14-9-5-4-6-10-14/h2,14-15H,1,3-13H2. The monoisotopic (exact) mass is 225 g/mol. The lowest BCUT2D eigenvalue weighted by Crippen LogP contribution is -2.32. The molecule has 0 radical (unpaired) electrons. The Labute approximate surface area is 100 Å². The van der Waals surface area contributed by atoms with Crippen LogP contribution in [0.3, 0.4) is 0 Å². The molecular weight excluding hydrogens is 198 g/mol. The number of rotatable bonds is 9. The molecule has 0 spiro atoms. The summed E-state index contributed by atoms with van der Waals surface area (Å²) >= 11 is 0. The van der Waals surface area contributed by atoms with Crippen LogP contribution in [-0.2, 0) is 4.74 Å². The van der Waals surface area contributed by atoms with Crippen molar-refractivity contribution in [3.8, 4) is 0 Å². The van der Waals surface area contributed by atoms with Gasteiger partial charge in [-0.05, 0) is 38.6 Å². The average Bonchev–Trinajstić information content (AvgIpc) is 2.34. The van der Waals surface area contributed by atoms with Gasteiger partial charge in [-0.25, -0.2) is 0 Å². The topological polar surface area (TPSA) is 21.3 Å². The molecule has 0 aromatic carbocycles. The summed E-state index contributed by atoms with van der Waals surface area (Å²) in [5.74, 6) is 0. The molecule has 0 saturated heterocycles. The van der Waals surface area contributed by atoms with Crippen molar-refractivity contribution >= 4 is 0 Å². The molecule has 1 saturated carbocycles. The molecule has 1 N–H and O–H groups in total. The van der Waals surface area contributed by atoms with Gasteiger partial charge in [-0.15, -0.1) is 6.58 Å². The summed E-state index contributed by atoms with van der Waals surface area (Å²) in [4.78, 5) is 0. The van der Waals surface area contributed by atoms with Crippen molar-refractivity contribution in [3.63, 3.8) is 0 Å².